The van der Waals surface area contributed by atoms with Gasteiger partial charge in [0.2, 0.25) is 6.79 Å². The number of aliphatic hydroxyl groups is 1. The smallest absolute Gasteiger partial charge is 0.300 e. The average molecular weight is 490 g/mol. The van der Waals surface area contributed by atoms with Gasteiger partial charge in [-0.25, -0.2) is 0 Å². The van der Waals surface area contributed by atoms with Crippen molar-refractivity contribution in [3.05, 3.63) is 94.0 Å². The maximum Gasteiger partial charge on any atom is 0.300 e. The third-order valence-electron chi connectivity index (χ3n) is 6.29. The molecule has 1 N–H and O–H groups in total. The first-order chi connectivity index (χ1) is 16.6. The van der Waals surface area contributed by atoms with E-state index in [1.54, 1.807) is 42.5 Å². The van der Waals surface area contributed by atoms with Gasteiger partial charge in [0, 0.05) is 22.3 Å². The van der Waals surface area contributed by atoms with E-state index in [-0.39, 0.29) is 23.5 Å². The Morgan fingerprint density at radius 3 is 2.26 bits per heavy atom. The Morgan fingerprint density at radius 1 is 0.943 bits per heavy atom. The van der Waals surface area contributed by atoms with Gasteiger partial charge in [-0.1, -0.05) is 56.6 Å². The quantitative estimate of drug-likeness (QED) is 0.278. The van der Waals surface area contributed by atoms with E-state index in [4.69, 9.17) is 21.1 Å². The summed E-state index contributed by atoms with van der Waals surface area (Å²) in [5.74, 6) is -0.695. The predicted molar refractivity (Wildman–Crippen MR) is 134 cm³/mol. The fourth-order valence-electron chi connectivity index (χ4n) is 4.38. The van der Waals surface area contributed by atoms with Gasteiger partial charge >= 0.3 is 0 Å². The number of hydrogen-bond donors (Lipinski definition) is 1. The van der Waals surface area contributed by atoms with Crippen molar-refractivity contribution in [3.63, 3.8) is 0 Å². The summed E-state index contributed by atoms with van der Waals surface area (Å²) >= 11 is 6.00. The number of benzene rings is 3. The summed E-state index contributed by atoms with van der Waals surface area (Å²) in [7, 11) is 0. The van der Waals surface area contributed by atoms with Gasteiger partial charge in [-0.05, 0) is 52.9 Å². The van der Waals surface area contributed by atoms with E-state index in [0.29, 0.717) is 33.3 Å². The zero-order valence-electron chi connectivity index (χ0n) is 19.5. The molecule has 1 saturated heterocycles. The highest BCUT2D eigenvalue weighted by Gasteiger charge is 2.47. The molecule has 0 aliphatic carbocycles. The van der Waals surface area contributed by atoms with Crippen molar-refractivity contribution in [2.24, 2.45) is 0 Å². The molecule has 1 amide bonds. The van der Waals surface area contributed by atoms with E-state index >= 15 is 0 Å². The second kappa shape index (κ2) is 8.47. The van der Waals surface area contributed by atoms with Crippen molar-refractivity contribution in [1.29, 1.82) is 0 Å². The number of nitrogens with zero attached hydrogens (tertiary/aromatic N) is 1. The molecule has 1 unspecified atom stereocenters. The Kier molecular flexibility index (Phi) is 5.56. The summed E-state index contributed by atoms with van der Waals surface area (Å²) in [6, 6.07) is 18.5. The molecule has 3 aromatic carbocycles. The lowest BCUT2D eigenvalue weighted by Gasteiger charge is -2.26. The third kappa shape index (κ3) is 4.04. The number of fused-ring (bicyclic) bond motifs is 1. The van der Waals surface area contributed by atoms with Crippen LogP contribution in [0.1, 0.15) is 43.5 Å². The lowest BCUT2D eigenvalue weighted by Crippen LogP contribution is -2.29. The molecule has 5 rings (SSSR count). The van der Waals surface area contributed by atoms with Crippen LogP contribution < -0.4 is 14.4 Å². The third-order valence-corrected chi connectivity index (χ3v) is 6.54. The summed E-state index contributed by atoms with van der Waals surface area (Å²) in [5.41, 5.74) is 2.62. The molecule has 0 radical (unpaired) electrons. The number of ketones is 1. The van der Waals surface area contributed by atoms with Crippen LogP contribution in [0.4, 0.5) is 5.69 Å². The summed E-state index contributed by atoms with van der Waals surface area (Å²) in [6.07, 6.45) is 0. The van der Waals surface area contributed by atoms with Gasteiger partial charge in [0.1, 0.15) is 5.76 Å². The number of Topliss-reactive ketones (excluding diaryl/α,β-unsaturated/α-hetero) is 1. The van der Waals surface area contributed by atoms with E-state index in [1.165, 1.54) is 4.90 Å². The molecule has 1 atom stereocenters. The van der Waals surface area contributed by atoms with Crippen molar-refractivity contribution >= 4 is 34.7 Å². The van der Waals surface area contributed by atoms with Crippen LogP contribution in [0.5, 0.6) is 11.5 Å². The van der Waals surface area contributed by atoms with E-state index in [0.717, 1.165) is 5.56 Å². The number of halogens is 1. The van der Waals surface area contributed by atoms with Crippen LogP contribution in [-0.2, 0) is 15.0 Å². The van der Waals surface area contributed by atoms with Crippen molar-refractivity contribution in [1.82, 2.24) is 0 Å². The zero-order valence-corrected chi connectivity index (χ0v) is 20.3. The van der Waals surface area contributed by atoms with Crippen LogP contribution in [0.3, 0.4) is 0 Å². The minimum atomic E-state index is -0.833. The molecule has 35 heavy (non-hydrogen) atoms. The van der Waals surface area contributed by atoms with Crippen molar-refractivity contribution in [2.75, 3.05) is 11.7 Å². The van der Waals surface area contributed by atoms with Gasteiger partial charge in [0.25, 0.3) is 11.7 Å². The predicted octanol–water partition coefficient (Wildman–Crippen LogP) is 5.99. The van der Waals surface area contributed by atoms with Crippen LogP contribution in [-0.4, -0.2) is 23.6 Å². The Labute approximate surface area is 208 Å². The normalized spacial score (nSPS) is 18.9. The molecule has 2 heterocycles. The molecule has 1 fully saturated rings. The molecule has 2 aliphatic rings. The van der Waals surface area contributed by atoms with E-state index in [1.807, 2.05) is 24.3 Å². The molecule has 0 saturated carbocycles. The molecule has 178 valence electrons. The molecular weight excluding hydrogens is 466 g/mol. The lowest BCUT2D eigenvalue weighted by molar-refractivity contribution is -0.132. The summed E-state index contributed by atoms with van der Waals surface area (Å²) < 4.78 is 10.9. The van der Waals surface area contributed by atoms with Gasteiger partial charge in [0.05, 0.1) is 11.6 Å². The summed E-state index contributed by atoms with van der Waals surface area (Å²) in [6.45, 7) is 6.43. The van der Waals surface area contributed by atoms with E-state index in [2.05, 4.69) is 20.8 Å². The fraction of sp³-hybridized carbons (Fsp3) is 0.214. The molecule has 0 spiro atoms. The second-order valence-corrected chi connectivity index (χ2v) is 10.0. The van der Waals surface area contributed by atoms with Crippen LogP contribution in [0.25, 0.3) is 5.76 Å². The van der Waals surface area contributed by atoms with Crippen molar-refractivity contribution < 1.29 is 24.2 Å². The highest BCUT2D eigenvalue weighted by atomic mass is 35.5. The van der Waals surface area contributed by atoms with Gasteiger partial charge in [-0.3, -0.25) is 14.5 Å². The number of aliphatic hydroxyl groups excluding tert-OH is 1. The molecule has 6 nitrogen and oxygen atoms in total. The van der Waals surface area contributed by atoms with Gasteiger partial charge < -0.3 is 14.6 Å². The molecule has 7 heteroatoms. The molecular formula is C28H24ClNO5. The van der Waals surface area contributed by atoms with Crippen molar-refractivity contribution in [2.45, 2.75) is 32.2 Å². The van der Waals surface area contributed by atoms with Crippen LogP contribution >= 0.6 is 11.6 Å². The average Bonchev–Trinajstić information content (AvgIpc) is 3.40. The maximum absolute atomic E-state index is 13.4. The van der Waals surface area contributed by atoms with Crippen molar-refractivity contribution in [3.8, 4) is 11.5 Å². The highest BCUT2D eigenvalue weighted by Crippen LogP contribution is 2.45. The first-order valence-corrected chi connectivity index (χ1v) is 11.6. The summed E-state index contributed by atoms with van der Waals surface area (Å²) in [4.78, 5) is 28.1. The highest BCUT2D eigenvalue weighted by molar-refractivity contribution is 6.51. The Bertz CT molecular complexity index is 1350. The minimum absolute atomic E-state index is 0.0125. The number of hydrogen-bond acceptors (Lipinski definition) is 5. The van der Waals surface area contributed by atoms with E-state index in [9.17, 15) is 14.7 Å². The fourth-order valence-corrected chi connectivity index (χ4v) is 4.50. The van der Waals surface area contributed by atoms with Gasteiger partial charge in [0.15, 0.2) is 11.5 Å². The van der Waals surface area contributed by atoms with Gasteiger partial charge in [-0.15, -0.1) is 0 Å². The number of rotatable bonds is 3. The number of carbonyl (C=O) groups excluding carboxylic acids is 2. The lowest BCUT2D eigenvalue weighted by atomic mass is 9.85. The largest absolute Gasteiger partial charge is 0.507 e. The first-order valence-electron chi connectivity index (χ1n) is 11.2. The number of carbonyl (C=O) groups is 2. The Hall–Kier alpha value is -3.77. The Balaban J connectivity index is 1.69. The Morgan fingerprint density at radius 2 is 1.60 bits per heavy atom. The second-order valence-electron chi connectivity index (χ2n) is 9.59. The number of ether oxygens (including phenoxy) is 2. The standard InChI is InChI=1S/C28H24ClNO5/c1-28(2,3)18-8-4-16(5-9-18)24-23(25(31)17-6-10-19(29)11-7-17)26(32)27(33)30(24)20-12-13-21-22(14-20)35-15-34-21/h4-14,24,31H,15H2,1-3H3/b25-23+. The van der Waals surface area contributed by atoms with Crippen LogP contribution in [0.2, 0.25) is 5.02 Å². The van der Waals surface area contributed by atoms with Crippen LogP contribution in [0, 0.1) is 0 Å². The van der Waals surface area contributed by atoms with E-state index < -0.39 is 17.7 Å². The molecule has 0 bridgehead atoms. The zero-order chi connectivity index (χ0) is 24.9. The van der Waals surface area contributed by atoms with Gasteiger partial charge in [-0.2, -0.15) is 0 Å². The first kappa shape index (κ1) is 23.0. The number of amides is 1. The maximum atomic E-state index is 13.4. The molecule has 3 aromatic rings. The molecule has 0 aromatic heterocycles. The molecule has 2 aliphatic heterocycles. The number of anilines is 1. The summed E-state index contributed by atoms with van der Waals surface area (Å²) in [5, 5.41) is 11.7. The topological polar surface area (TPSA) is 76.1 Å². The van der Waals surface area contributed by atoms with Crippen LogP contribution in [0.15, 0.2) is 72.3 Å². The SMILES string of the molecule is CC(C)(C)c1ccc(C2/C(=C(\O)c3ccc(Cl)cc3)C(=O)C(=O)N2c2ccc3c(c2)OCO3)cc1. The monoisotopic (exact) mass is 489 g/mol. The minimum Gasteiger partial charge on any atom is -0.507 e.